The summed E-state index contributed by atoms with van der Waals surface area (Å²) in [5, 5.41) is 0. The first-order chi connectivity index (χ1) is 11.2. The van der Waals surface area contributed by atoms with E-state index in [1.165, 1.54) is 4.90 Å². The standard InChI is InChI=1S/C18H30N2O5/c1-12(19(8)15(22)24-17(2,3)4)11-13-9-10-20(14(13)21)16(23)25-18(5,6)7/h11-12H,9-10H2,1-8H3/b13-11+/t12-/m1/s1. The van der Waals surface area contributed by atoms with Crippen molar-refractivity contribution in [3.05, 3.63) is 11.6 Å². The van der Waals surface area contributed by atoms with Gasteiger partial charge < -0.3 is 14.4 Å². The first kappa shape index (κ1) is 21.0. The van der Waals surface area contributed by atoms with Gasteiger partial charge in [0.25, 0.3) is 5.91 Å². The lowest BCUT2D eigenvalue weighted by atomic mass is 10.1. The molecule has 0 radical (unpaired) electrons. The number of hydrogen-bond acceptors (Lipinski definition) is 5. The first-order valence-electron chi connectivity index (χ1n) is 8.42. The Morgan fingerprint density at radius 1 is 1.12 bits per heavy atom. The molecule has 3 amide bonds. The van der Waals surface area contributed by atoms with Crippen LogP contribution < -0.4 is 0 Å². The van der Waals surface area contributed by atoms with Crippen molar-refractivity contribution in [1.29, 1.82) is 0 Å². The highest BCUT2D eigenvalue weighted by Gasteiger charge is 2.34. The van der Waals surface area contributed by atoms with Gasteiger partial charge in [0.05, 0.1) is 6.04 Å². The van der Waals surface area contributed by atoms with Gasteiger partial charge in [-0.05, 0) is 54.9 Å². The fourth-order valence-electron chi connectivity index (χ4n) is 2.16. The van der Waals surface area contributed by atoms with E-state index in [0.29, 0.717) is 12.0 Å². The molecular weight excluding hydrogens is 324 g/mol. The highest BCUT2D eigenvalue weighted by molar-refractivity contribution is 6.04. The predicted molar refractivity (Wildman–Crippen MR) is 94.1 cm³/mol. The molecule has 0 aromatic heterocycles. The fourth-order valence-corrected chi connectivity index (χ4v) is 2.16. The lowest BCUT2D eigenvalue weighted by Crippen LogP contribution is -2.39. The highest BCUT2D eigenvalue weighted by atomic mass is 16.6. The molecule has 1 aliphatic rings. The highest BCUT2D eigenvalue weighted by Crippen LogP contribution is 2.22. The zero-order valence-corrected chi connectivity index (χ0v) is 16.5. The minimum absolute atomic E-state index is 0.280. The maximum Gasteiger partial charge on any atom is 0.417 e. The summed E-state index contributed by atoms with van der Waals surface area (Å²) < 4.78 is 10.6. The van der Waals surface area contributed by atoms with E-state index in [1.54, 1.807) is 61.6 Å². The minimum Gasteiger partial charge on any atom is -0.444 e. The Bertz CT molecular complexity index is 569. The van der Waals surface area contributed by atoms with Gasteiger partial charge in [-0.25, -0.2) is 14.5 Å². The van der Waals surface area contributed by atoms with Crippen LogP contribution in [0.25, 0.3) is 0 Å². The van der Waals surface area contributed by atoms with E-state index >= 15 is 0 Å². The molecule has 0 aromatic carbocycles. The molecule has 0 aliphatic carbocycles. The number of imide groups is 1. The normalized spacial score (nSPS) is 18.3. The smallest absolute Gasteiger partial charge is 0.417 e. The SMILES string of the molecule is C[C@H](/C=C1\CCN(C(=O)OC(C)(C)C)C1=O)N(C)C(=O)OC(C)(C)C. The summed E-state index contributed by atoms with van der Waals surface area (Å²) in [6, 6.07) is -0.340. The van der Waals surface area contributed by atoms with Gasteiger partial charge >= 0.3 is 12.2 Å². The summed E-state index contributed by atoms with van der Waals surface area (Å²) in [4.78, 5) is 39.1. The molecule has 142 valence electrons. The molecule has 0 saturated carbocycles. The van der Waals surface area contributed by atoms with Crippen molar-refractivity contribution in [2.75, 3.05) is 13.6 Å². The second-order valence-electron chi connectivity index (χ2n) is 8.21. The van der Waals surface area contributed by atoms with Gasteiger partial charge in [-0.1, -0.05) is 6.08 Å². The molecule has 25 heavy (non-hydrogen) atoms. The van der Waals surface area contributed by atoms with E-state index in [-0.39, 0.29) is 18.5 Å². The maximum atomic E-state index is 12.4. The topological polar surface area (TPSA) is 76.2 Å². The van der Waals surface area contributed by atoms with Crippen LogP contribution in [-0.4, -0.2) is 58.7 Å². The minimum atomic E-state index is -0.659. The molecule has 1 fully saturated rings. The number of carbonyl (C=O) groups excluding carboxylic acids is 3. The Morgan fingerprint density at radius 2 is 1.64 bits per heavy atom. The van der Waals surface area contributed by atoms with Gasteiger partial charge in [0, 0.05) is 19.2 Å². The molecule has 0 spiro atoms. The van der Waals surface area contributed by atoms with Crippen LogP contribution in [0.15, 0.2) is 11.6 Å². The van der Waals surface area contributed by atoms with Crippen LogP contribution in [0.2, 0.25) is 0 Å². The van der Waals surface area contributed by atoms with E-state index in [2.05, 4.69) is 0 Å². The Kier molecular flexibility index (Phi) is 6.26. The Labute approximate surface area is 149 Å². The summed E-state index contributed by atoms with van der Waals surface area (Å²) >= 11 is 0. The molecule has 7 nitrogen and oxygen atoms in total. The van der Waals surface area contributed by atoms with Crippen LogP contribution in [0.1, 0.15) is 54.9 Å². The molecule has 1 rings (SSSR count). The van der Waals surface area contributed by atoms with E-state index in [9.17, 15) is 14.4 Å². The van der Waals surface area contributed by atoms with Crippen LogP contribution in [0.3, 0.4) is 0 Å². The van der Waals surface area contributed by atoms with Crippen molar-refractivity contribution < 1.29 is 23.9 Å². The van der Waals surface area contributed by atoms with E-state index in [1.807, 2.05) is 0 Å². The third-order valence-corrected chi connectivity index (χ3v) is 3.47. The monoisotopic (exact) mass is 354 g/mol. The van der Waals surface area contributed by atoms with Gasteiger partial charge in [-0.2, -0.15) is 0 Å². The summed E-state index contributed by atoms with van der Waals surface area (Å²) in [5.41, 5.74) is -0.753. The van der Waals surface area contributed by atoms with Crippen LogP contribution >= 0.6 is 0 Å². The number of likely N-dealkylation sites (tertiary alicyclic amines) is 1. The van der Waals surface area contributed by atoms with Gasteiger partial charge in [-0.3, -0.25) is 4.79 Å². The predicted octanol–water partition coefficient (Wildman–Crippen LogP) is 3.34. The fraction of sp³-hybridized carbons (Fsp3) is 0.722. The summed E-state index contributed by atoms with van der Waals surface area (Å²) in [7, 11) is 1.61. The zero-order chi connectivity index (χ0) is 19.6. The van der Waals surface area contributed by atoms with Crippen molar-refractivity contribution in [2.24, 2.45) is 0 Å². The van der Waals surface area contributed by atoms with E-state index in [0.717, 1.165) is 4.90 Å². The number of nitrogens with zero attached hydrogens (tertiary/aromatic N) is 2. The quantitative estimate of drug-likeness (QED) is 0.711. The zero-order valence-electron chi connectivity index (χ0n) is 16.5. The molecule has 1 aliphatic heterocycles. The van der Waals surface area contributed by atoms with Crippen molar-refractivity contribution >= 4 is 18.1 Å². The molecule has 0 bridgehead atoms. The first-order valence-corrected chi connectivity index (χ1v) is 8.42. The Morgan fingerprint density at radius 3 is 2.12 bits per heavy atom. The van der Waals surface area contributed by atoms with Gasteiger partial charge in [0.15, 0.2) is 0 Å². The average Bonchev–Trinajstić information content (AvgIpc) is 2.75. The molecule has 1 saturated heterocycles. The number of hydrogen-bond donors (Lipinski definition) is 0. The van der Waals surface area contributed by atoms with Gasteiger partial charge in [-0.15, -0.1) is 0 Å². The Balaban J connectivity index is 2.77. The lowest BCUT2D eigenvalue weighted by Gasteiger charge is -2.27. The second-order valence-corrected chi connectivity index (χ2v) is 8.21. The van der Waals surface area contributed by atoms with E-state index < -0.39 is 23.4 Å². The number of ether oxygens (including phenoxy) is 2. The number of amides is 3. The molecule has 0 unspecified atom stereocenters. The number of rotatable bonds is 2. The summed E-state index contributed by atoms with van der Waals surface area (Å²) in [5.74, 6) is -0.376. The summed E-state index contributed by atoms with van der Waals surface area (Å²) in [6.45, 7) is 12.7. The molecular formula is C18H30N2O5. The lowest BCUT2D eigenvalue weighted by molar-refractivity contribution is -0.124. The van der Waals surface area contributed by atoms with Crippen LogP contribution in [-0.2, 0) is 14.3 Å². The number of carbonyl (C=O) groups is 3. The third-order valence-electron chi connectivity index (χ3n) is 3.47. The third kappa shape index (κ3) is 6.40. The average molecular weight is 354 g/mol. The van der Waals surface area contributed by atoms with Gasteiger partial charge in [0.1, 0.15) is 11.2 Å². The largest absolute Gasteiger partial charge is 0.444 e. The Hall–Kier alpha value is -2.05. The molecule has 0 N–H and O–H groups in total. The van der Waals surface area contributed by atoms with E-state index in [4.69, 9.17) is 9.47 Å². The second kappa shape index (κ2) is 7.45. The van der Waals surface area contributed by atoms with Crippen molar-refractivity contribution in [3.63, 3.8) is 0 Å². The van der Waals surface area contributed by atoms with Gasteiger partial charge in [0.2, 0.25) is 0 Å². The summed E-state index contributed by atoms with van der Waals surface area (Å²) in [6.07, 6.45) is 1.02. The molecule has 1 atom stereocenters. The molecule has 1 heterocycles. The maximum absolute atomic E-state index is 12.4. The van der Waals surface area contributed by atoms with Crippen molar-refractivity contribution in [2.45, 2.75) is 72.1 Å². The van der Waals surface area contributed by atoms with Crippen LogP contribution in [0.5, 0.6) is 0 Å². The van der Waals surface area contributed by atoms with Crippen molar-refractivity contribution in [1.82, 2.24) is 9.80 Å². The van der Waals surface area contributed by atoms with Crippen LogP contribution in [0.4, 0.5) is 9.59 Å². The molecule has 0 aromatic rings. The molecule has 7 heteroatoms. The van der Waals surface area contributed by atoms with Crippen LogP contribution in [0, 0.1) is 0 Å². The number of likely N-dealkylation sites (N-methyl/N-ethyl adjacent to an activating group) is 1. The van der Waals surface area contributed by atoms with Crippen molar-refractivity contribution in [3.8, 4) is 0 Å².